The fourth-order valence-corrected chi connectivity index (χ4v) is 3.64. The first kappa shape index (κ1) is 11.7. The summed E-state index contributed by atoms with van der Waals surface area (Å²) in [4.78, 5) is 0. The van der Waals surface area contributed by atoms with Gasteiger partial charge in [0.2, 0.25) is 0 Å². The first-order chi connectivity index (χ1) is 8.69. The van der Waals surface area contributed by atoms with Crippen LogP contribution in [-0.4, -0.2) is 0 Å². The van der Waals surface area contributed by atoms with Gasteiger partial charge in [-0.25, -0.2) is 0 Å². The van der Waals surface area contributed by atoms with Crippen LogP contribution in [0, 0.1) is 0 Å². The Morgan fingerprint density at radius 1 is 0.944 bits per heavy atom. The Kier molecular flexibility index (Phi) is 2.87. The van der Waals surface area contributed by atoms with Crippen LogP contribution in [0.25, 0.3) is 20.2 Å². The molecule has 0 bridgehead atoms. The van der Waals surface area contributed by atoms with E-state index in [1.807, 2.05) is 11.3 Å². The van der Waals surface area contributed by atoms with Gasteiger partial charge in [0.15, 0.2) is 0 Å². The van der Waals surface area contributed by atoms with E-state index in [0.717, 1.165) is 6.42 Å². The minimum absolute atomic E-state index is 0.603. The predicted octanol–water partition coefficient (Wildman–Crippen LogP) is 5.74. The molecule has 0 amide bonds. The number of thiophene rings is 1. The van der Waals surface area contributed by atoms with Gasteiger partial charge in [-0.1, -0.05) is 45.0 Å². The lowest BCUT2D eigenvalue weighted by Crippen LogP contribution is -1.84. The van der Waals surface area contributed by atoms with Gasteiger partial charge < -0.3 is 0 Å². The van der Waals surface area contributed by atoms with Crippen molar-refractivity contribution in [2.75, 3.05) is 0 Å². The lowest BCUT2D eigenvalue weighted by atomic mass is 10.0. The van der Waals surface area contributed by atoms with Gasteiger partial charge in [0.1, 0.15) is 0 Å². The number of rotatable bonds is 2. The molecule has 0 unspecified atom stereocenters. The second-order valence-electron chi connectivity index (χ2n) is 5.20. The van der Waals surface area contributed by atoms with Gasteiger partial charge in [-0.05, 0) is 35.6 Å². The van der Waals surface area contributed by atoms with Gasteiger partial charge in [-0.15, -0.1) is 11.3 Å². The first-order valence-electron chi connectivity index (χ1n) is 6.64. The molecule has 1 heteroatoms. The van der Waals surface area contributed by atoms with Crippen LogP contribution in [0.15, 0.2) is 36.4 Å². The van der Waals surface area contributed by atoms with Crippen molar-refractivity contribution in [1.82, 2.24) is 0 Å². The van der Waals surface area contributed by atoms with Crippen LogP contribution in [0.3, 0.4) is 0 Å². The van der Waals surface area contributed by atoms with E-state index in [1.165, 1.54) is 31.3 Å². The van der Waals surface area contributed by atoms with Crippen molar-refractivity contribution in [2.45, 2.75) is 33.1 Å². The Morgan fingerprint density at radius 2 is 1.61 bits per heavy atom. The topological polar surface area (TPSA) is 0 Å². The van der Waals surface area contributed by atoms with Crippen LogP contribution in [0.4, 0.5) is 0 Å². The summed E-state index contributed by atoms with van der Waals surface area (Å²) in [6, 6.07) is 13.8. The zero-order chi connectivity index (χ0) is 12.7. The third kappa shape index (κ3) is 1.83. The molecule has 0 aliphatic rings. The van der Waals surface area contributed by atoms with Crippen LogP contribution in [-0.2, 0) is 6.42 Å². The normalized spacial score (nSPS) is 11.8. The van der Waals surface area contributed by atoms with Crippen molar-refractivity contribution in [3.8, 4) is 0 Å². The number of benzene rings is 2. The van der Waals surface area contributed by atoms with E-state index in [0.29, 0.717) is 5.92 Å². The van der Waals surface area contributed by atoms with Crippen molar-refractivity contribution in [3.63, 3.8) is 0 Å². The highest BCUT2D eigenvalue weighted by Crippen LogP contribution is 2.35. The monoisotopic (exact) mass is 254 g/mol. The van der Waals surface area contributed by atoms with Crippen LogP contribution in [0.1, 0.15) is 37.8 Å². The quantitative estimate of drug-likeness (QED) is 0.547. The van der Waals surface area contributed by atoms with Crippen molar-refractivity contribution in [1.29, 1.82) is 0 Å². The second kappa shape index (κ2) is 4.40. The average Bonchev–Trinajstić information content (AvgIpc) is 2.74. The highest BCUT2D eigenvalue weighted by Gasteiger charge is 2.07. The molecule has 18 heavy (non-hydrogen) atoms. The molecule has 92 valence electrons. The van der Waals surface area contributed by atoms with Crippen LogP contribution < -0.4 is 0 Å². The molecule has 0 N–H and O–H groups in total. The molecule has 1 aromatic heterocycles. The van der Waals surface area contributed by atoms with E-state index in [1.54, 1.807) is 0 Å². The smallest absolute Gasteiger partial charge is 0.0358 e. The molecule has 3 aromatic rings. The molecule has 0 saturated heterocycles. The van der Waals surface area contributed by atoms with Crippen LogP contribution >= 0.6 is 11.3 Å². The molecule has 0 atom stereocenters. The maximum Gasteiger partial charge on any atom is 0.0358 e. The Bertz CT molecular complexity index is 704. The van der Waals surface area contributed by atoms with Gasteiger partial charge in [0.25, 0.3) is 0 Å². The number of aryl methyl sites for hydroxylation is 1. The molecule has 0 aliphatic carbocycles. The maximum absolute atomic E-state index is 2.36. The Balaban J connectivity index is 2.28. The van der Waals surface area contributed by atoms with E-state index in [9.17, 15) is 0 Å². The SMILES string of the molecule is CCc1ccc2c(c1)sc1cc(C(C)C)ccc12. The van der Waals surface area contributed by atoms with Gasteiger partial charge in [0.05, 0.1) is 0 Å². The lowest BCUT2D eigenvalue weighted by molar-refractivity contribution is 0.869. The predicted molar refractivity (Wildman–Crippen MR) is 82.8 cm³/mol. The van der Waals surface area contributed by atoms with Gasteiger partial charge in [0, 0.05) is 20.2 Å². The molecule has 1 heterocycles. The Morgan fingerprint density at radius 3 is 2.28 bits per heavy atom. The summed E-state index contributed by atoms with van der Waals surface area (Å²) in [5, 5.41) is 2.81. The molecule has 0 radical (unpaired) electrons. The average molecular weight is 254 g/mol. The summed E-state index contributed by atoms with van der Waals surface area (Å²) >= 11 is 1.92. The number of hydrogen-bond acceptors (Lipinski definition) is 1. The highest BCUT2D eigenvalue weighted by molar-refractivity contribution is 7.25. The van der Waals surface area contributed by atoms with Crippen molar-refractivity contribution >= 4 is 31.5 Å². The summed E-state index contributed by atoms with van der Waals surface area (Å²) in [6.07, 6.45) is 1.11. The second-order valence-corrected chi connectivity index (χ2v) is 6.28. The van der Waals surface area contributed by atoms with Crippen LogP contribution in [0.5, 0.6) is 0 Å². The summed E-state index contributed by atoms with van der Waals surface area (Å²) in [6.45, 7) is 6.72. The minimum atomic E-state index is 0.603. The summed E-state index contributed by atoms with van der Waals surface area (Å²) in [7, 11) is 0. The zero-order valence-corrected chi connectivity index (χ0v) is 12.0. The Hall–Kier alpha value is -1.34. The fourth-order valence-electron chi connectivity index (χ4n) is 2.42. The number of fused-ring (bicyclic) bond motifs is 3. The van der Waals surface area contributed by atoms with Crippen LogP contribution in [0.2, 0.25) is 0 Å². The molecule has 0 fully saturated rings. The third-order valence-corrected chi connectivity index (χ3v) is 4.75. The summed E-state index contributed by atoms with van der Waals surface area (Å²) < 4.78 is 2.84. The van der Waals surface area contributed by atoms with Gasteiger partial charge in [-0.3, -0.25) is 0 Å². The summed E-state index contributed by atoms with van der Waals surface area (Å²) in [5.74, 6) is 0.603. The molecule has 0 saturated carbocycles. The molecule has 2 aromatic carbocycles. The van der Waals surface area contributed by atoms with Crippen molar-refractivity contribution in [2.24, 2.45) is 0 Å². The third-order valence-electron chi connectivity index (χ3n) is 3.64. The molecule has 0 nitrogen and oxygen atoms in total. The summed E-state index contributed by atoms with van der Waals surface area (Å²) in [5.41, 5.74) is 2.86. The molecular weight excluding hydrogens is 236 g/mol. The molecule has 0 aliphatic heterocycles. The van der Waals surface area contributed by atoms with E-state index in [4.69, 9.17) is 0 Å². The number of hydrogen-bond donors (Lipinski definition) is 0. The van der Waals surface area contributed by atoms with E-state index < -0.39 is 0 Å². The van der Waals surface area contributed by atoms with Crippen molar-refractivity contribution < 1.29 is 0 Å². The molecule has 0 spiro atoms. The molecule has 3 rings (SSSR count). The maximum atomic E-state index is 2.36. The van der Waals surface area contributed by atoms with Gasteiger partial charge >= 0.3 is 0 Å². The molecular formula is C17H18S. The minimum Gasteiger partial charge on any atom is -0.135 e. The largest absolute Gasteiger partial charge is 0.135 e. The first-order valence-corrected chi connectivity index (χ1v) is 7.45. The zero-order valence-electron chi connectivity index (χ0n) is 11.2. The van der Waals surface area contributed by atoms with E-state index in [2.05, 4.69) is 57.2 Å². The fraction of sp³-hybridized carbons (Fsp3) is 0.294. The highest BCUT2D eigenvalue weighted by atomic mass is 32.1. The van der Waals surface area contributed by atoms with Crippen molar-refractivity contribution in [3.05, 3.63) is 47.5 Å². The van der Waals surface area contributed by atoms with Gasteiger partial charge in [-0.2, -0.15) is 0 Å². The standard InChI is InChI=1S/C17H18S/c1-4-12-5-7-14-15-8-6-13(11(2)3)10-17(15)18-16(14)9-12/h5-11H,4H2,1-3H3. The lowest BCUT2D eigenvalue weighted by Gasteiger charge is -2.04. The Labute approximate surface area is 112 Å². The van der Waals surface area contributed by atoms with E-state index >= 15 is 0 Å². The van der Waals surface area contributed by atoms with E-state index in [-0.39, 0.29) is 0 Å².